The highest BCUT2D eigenvalue weighted by Gasteiger charge is 2.22. The normalized spacial score (nSPS) is 17.7. The maximum atomic E-state index is 13.7. The van der Waals surface area contributed by atoms with Crippen LogP contribution in [-0.4, -0.2) is 41.4 Å². The third-order valence-electron chi connectivity index (χ3n) is 3.56. The molecule has 1 aliphatic heterocycles. The smallest absolute Gasteiger partial charge is 0.224 e. The van der Waals surface area contributed by atoms with Crippen LogP contribution in [0.5, 0.6) is 0 Å². The molecule has 1 heterocycles. The van der Waals surface area contributed by atoms with Gasteiger partial charge in [0.15, 0.2) is 0 Å². The number of carbonyl (C=O) groups is 1. The van der Waals surface area contributed by atoms with E-state index in [2.05, 4.69) is 5.32 Å². The maximum absolute atomic E-state index is 13.7. The first-order chi connectivity index (χ1) is 10.1. The van der Waals surface area contributed by atoms with Gasteiger partial charge in [0.25, 0.3) is 0 Å². The fourth-order valence-corrected chi connectivity index (χ4v) is 3.29. The lowest BCUT2D eigenvalue weighted by atomic mass is 10.1. The van der Waals surface area contributed by atoms with Crippen molar-refractivity contribution in [3.8, 4) is 0 Å². The van der Waals surface area contributed by atoms with E-state index in [1.165, 1.54) is 23.1 Å². The van der Waals surface area contributed by atoms with Crippen LogP contribution in [-0.2, 0) is 11.3 Å². The summed E-state index contributed by atoms with van der Waals surface area (Å²) in [4.78, 5) is 13.8. The van der Waals surface area contributed by atoms with Crippen molar-refractivity contribution in [2.75, 3.05) is 24.6 Å². The molecule has 0 spiro atoms. The van der Waals surface area contributed by atoms with Gasteiger partial charge in [0.05, 0.1) is 6.54 Å². The molecule has 3 nitrogen and oxygen atoms in total. The molecule has 1 aromatic rings. The highest BCUT2D eigenvalue weighted by atomic mass is 35.5. The number of benzene rings is 1. The molecule has 1 aliphatic rings. The molecule has 0 aromatic heterocycles. The Kier molecular flexibility index (Phi) is 8.14. The summed E-state index contributed by atoms with van der Waals surface area (Å²) in [5.41, 5.74) is -0.0429. The Labute approximate surface area is 140 Å². The molecule has 2 rings (SSSR count). The average molecular weight is 351 g/mol. The SMILES string of the molecule is CCN(Cc1c(F)cccc1F)C(=O)CC1CSCCN1.Cl. The summed E-state index contributed by atoms with van der Waals surface area (Å²) in [5.74, 6) is 0.681. The van der Waals surface area contributed by atoms with E-state index in [1.54, 1.807) is 0 Å². The molecule has 7 heteroatoms. The van der Waals surface area contributed by atoms with E-state index in [1.807, 2.05) is 18.7 Å². The van der Waals surface area contributed by atoms with Crippen LogP contribution in [0.3, 0.4) is 0 Å². The van der Waals surface area contributed by atoms with Gasteiger partial charge in [0.2, 0.25) is 5.91 Å². The second-order valence-corrected chi connectivity index (χ2v) is 6.19. The molecular formula is C15H21ClF2N2OS. The third kappa shape index (κ3) is 5.11. The predicted molar refractivity (Wildman–Crippen MR) is 88.4 cm³/mol. The minimum absolute atomic E-state index is 0. The van der Waals surface area contributed by atoms with Crippen molar-refractivity contribution in [2.24, 2.45) is 0 Å². The predicted octanol–water partition coefficient (Wildman–Crippen LogP) is 2.83. The molecule has 1 saturated heterocycles. The number of nitrogens with one attached hydrogen (secondary N) is 1. The van der Waals surface area contributed by atoms with Gasteiger partial charge in [-0.15, -0.1) is 12.4 Å². The lowest BCUT2D eigenvalue weighted by Crippen LogP contribution is -2.42. The molecule has 0 bridgehead atoms. The molecule has 0 saturated carbocycles. The first-order valence-corrected chi connectivity index (χ1v) is 8.29. The lowest BCUT2D eigenvalue weighted by molar-refractivity contribution is -0.132. The fraction of sp³-hybridized carbons (Fsp3) is 0.533. The second kappa shape index (κ2) is 9.33. The van der Waals surface area contributed by atoms with E-state index in [-0.39, 0.29) is 36.5 Å². The zero-order valence-electron chi connectivity index (χ0n) is 12.5. The highest BCUT2D eigenvalue weighted by molar-refractivity contribution is 7.99. The van der Waals surface area contributed by atoms with Gasteiger partial charge < -0.3 is 10.2 Å². The van der Waals surface area contributed by atoms with Crippen molar-refractivity contribution in [2.45, 2.75) is 25.9 Å². The Morgan fingerprint density at radius 3 is 2.64 bits per heavy atom. The van der Waals surface area contributed by atoms with E-state index in [0.717, 1.165) is 18.1 Å². The van der Waals surface area contributed by atoms with E-state index in [9.17, 15) is 13.6 Å². The maximum Gasteiger partial charge on any atom is 0.224 e. The van der Waals surface area contributed by atoms with Crippen molar-refractivity contribution < 1.29 is 13.6 Å². The molecule has 1 fully saturated rings. The van der Waals surface area contributed by atoms with Gasteiger partial charge in [-0.3, -0.25) is 4.79 Å². The van der Waals surface area contributed by atoms with Gasteiger partial charge in [-0.2, -0.15) is 11.8 Å². The number of halogens is 3. The topological polar surface area (TPSA) is 32.3 Å². The summed E-state index contributed by atoms with van der Waals surface area (Å²) in [7, 11) is 0. The first kappa shape index (κ1) is 19.2. The highest BCUT2D eigenvalue weighted by Crippen LogP contribution is 2.17. The van der Waals surface area contributed by atoms with Crippen molar-refractivity contribution in [3.05, 3.63) is 35.4 Å². The van der Waals surface area contributed by atoms with Gasteiger partial charge in [-0.1, -0.05) is 6.07 Å². The number of thioether (sulfide) groups is 1. The second-order valence-electron chi connectivity index (χ2n) is 5.04. The van der Waals surface area contributed by atoms with Crippen LogP contribution in [0.25, 0.3) is 0 Å². The average Bonchev–Trinajstić information content (AvgIpc) is 2.48. The Morgan fingerprint density at radius 2 is 2.09 bits per heavy atom. The van der Waals surface area contributed by atoms with Crippen molar-refractivity contribution in [3.63, 3.8) is 0 Å². The monoisotopic (exact) mass is 350 g/mol. The quantitative estimate of drug-likeness (QED) is 0.886. The largest absolute Gasteiger partial charge is 0.338 e. The van der Waals surface area contributed by atoms with Gasteiger partial charge in [-0.25, -0.2) is 8.78 Å². The van der Waals surface area contributed by atoms with Crippen LogP contribution in [0.4, 0.5) is 8.78 Å². The van der Waals surface area contributed by atoms with Crippen molar-refractivity contribution in [1.82, 2.24) is 10.2 Å². The summed E-state index contributed by atoms with van der Waals surface area (Å²) in [5, 5.41) is 3.30. The molecule has 22 heavy (non-hydrogen) atoms. The molecule has 124 valence electrons. The van der Waals surface area contributed by atoms with Crippen molar-refractivity contribution >= 4 is 30.1 Å². The van der Waals surface area contributed by atoms with Crippen LogP contribution < -0.4 is 5.32 Å². The Morgan fingerprint density at radius 1 is 1.41 bits per heavy atom. The van der Waals surface area contributed by atoms with E-state index in [4.69, 9.17) is 0 Å². The van der Waals surface area contributed by atoms with E-state index in [0.29, 0.717) is 13.0 Å². The molecule has 0 radical (unpaired) electrons. The van der Waals surface area contributed by atoms with E-state index < -0.39 is 11.6 Å². The fourth-order valence-electron chi connectivity index (χ4n) is 2.34. The van der Waals surface area contributed by atoms with Crippen LogP contribution in [0.1, 0.15) is 18.9 Å². The molecule has 1 N–H and O–H groups in total. The number of hydrogen-bond acceptors (Lipinski definition) is 3. The molecule has 1 atom stereocenters. The minimum Gasteiger partial charge on any atom is -0.338 e. The van der Waals surface area contributed by atoms with Crippen molar-refractivity contribution in [1.29, 1.82) is 0 Å². The minimum atomic E-state index is -0.604. The zero-order chi connectivity index (χ0) is 15.2. The molecule has 1 unspecified atom stereocenters. The number of hydrogen-bond donors (Lipinski definition) is 1. The van der Waals surface area contributed by atoms with Crippen LogP contribution >= 0.6 is 24.2 Å². The van der Waals surface area contributed by atoms with Gasteiger partial charge >= 0.3 is 0 Å². The summed E-state index contributed by atoms with van der Waals surface area (Å²) < 4.78 is 27.4. The van der Waals surface area contributed by atoms with Crippen LogP contribution in [0.15, 0.2) is 18.2 Å². The number of amides is 1. The van der Waals surface area contributed by atoms with Gasteiger partial charge in [0.1, 0.15) is 11.6 Å². The summed E-state index contributed by atoms with van der Waals surface area (Å²) in [6, 6.07) is 3.91. The van der Waals surface area contributed by atoms with Crippen LogP contribution in [0.2, 0.25) is 0 Å². The lowest BCUT2D eigenvalue weighted by Gasteiger charge is -2.27. The first-order valence-electron chi connectivity index (χ1n) is 7.13. The molecule has 1 amide bonds. The number of nitrogens with zero attached hydrogens (tertiary/aromatic N) is 1. The summed E-state index contributed by atoms with van der Waals surface area (Å²) >= 11 is 1.82. The summed E-state index contributed by atoms with van der Waals surface area (Å²) in [6.07, 6.45) is 0.372. The number of carbonyl (C=O) groups excluding carboxylic acids is 1. The standard InChI is InChI=1S/C15H20F2N2OS.ClH/c1-2-19(9-12-13(16)4-3-5-14(12)17)15(20)8-11-10-21-7-6-18-11;/h3-5,11,18H,2,6-10H2,1H3;1H. The van der Waals surface area contributed by atoms with Crippen LogP contribution in [0, 0.1) is 11.6 Å². The molecule has 1 aromatic carbocycles. The molecular weight excluding hydrogens is 330 g/mol. The number of rotatable bonds is 5. The van der Waals surface area contributed by atoms with Gasteiger partial charge in [0, 0.05) is 42.6 Å². The Balaban J connectivity index is 0.00000242. The molecule has 0 aliphatic carbocycles. The third-order valence-corrected chi connectivity index (χ3v) is 4.70. The Hall–Kier alpha value is -0.850. The Bertz CT molecular complexity index is 478. The van der Waals surface area contributed by atoms with E-state index >= 15 is 0 Å². The summed E-state index contributed by atoms with van der Waals surface area (Å²) in [6.45, 7) is 3.14. The van der Waals surface area contributed by atoms with Gasteiger partial charge in [-0.05, 0) is 19.1 Å². The zero-order valence-corrected chi connectivity index (χ0v) is 14.1.